The van der Waals surface area contributed by atoms with Gasteiger partial charge in [-0.25, -0.2) is 4.98 Å². The SMILES string of the molecule is COc1cc2ncc3c(N)nc(-c4cncc(Nc5ccccc5-c5ccccc5)c4)cc3c2cc1OC. The number of ether oxygens (including phenoxy) is 2. The molecule has 0 aliphatic carbocycles. The fourth-order valence-electron chi connectivity index (χ4n) is 4.67. The fraction of sp³-hybridized carbons (Fsp3) is 0.0645. The summed E-state index contributed by atoms with van der Waals surface area (Å²) in [6, 6.07) is 26.3. The summed E-state index contributed by atoms with van der Waals surface area (Å²) in [5, 5.41) is 6.12. The highest BCUT2D eigenvalue weighted by Gasteiger charge is 2.14. The maximum atomic E-state index is 6.41. The molecule has 6 aromatic rings. The van der Waals surface area contributed by atoms with Crippen molar-refractivity contribution in [3.8, 4) is 33.9 Å². The summed E-state index contributed by atoms with van der Waals surface area (Å²) in [5.74, 6) is 1.64. The lowest BCUT2D eigenvalue weighted by Gasteiger charge is -2.14. The maximum Gasteiger partial charge on any atom is 0.162 e. The Hall–Kier alpha value is -5.17. The van der Waals surface area contributed by atoms with Crippen LogP contribution in [0.5, 0.6) is 11.5 Å². The van der Waals surface area contributed by atoms with Crippen molar-refractivity contribution in [2.45, 2.75) is 0 Å². The number of nitrogens with two attached hydrogens (primary N) is 1. The number of anilines is 3. The van der Waals surface area contributed by atoms with Gasteiger partial charge >= 0.3 is 0 Å². The van der Waals surface area contributed by atoms with Crippen molar-refractivity contribution in [1.82, 2.24) is 15.0 Å². The molecule has 3 N–H and O–H groups in total. The quantitative estimate of drug-likeness (QED) is 0.242. The molecule has 0 unspecified atom stereocenters. The van der Waals surface area contributed by atoms with Gasteiger partial charge in [-0.1, -0.05) is 48.5 Å². The van der Waals surface area contributed by atoms with Crippen molar-refractivity contribution >= 4 is 38.9 Å². The molecule has 186 valence electrons. The molecule has 0 amide bonds. The summed E-state index contributed by atoms with van der Waals surface area (Å²) in [7, 11) is 3.22. The van der Waals surface area contributed by atoms with E-state index in [-0.39, 0.29) is 0 Å². The molecule has 3 heterocycles. The van der Waals surface area contributed by atoms with E-state index in [0.29, 0.717) is 23.0 Å². The van der Waals surface area contributed by atoms with E-state index >= 15 is 0 Å². The minimum atomic E-state index is 0.398. The average molecular weight is 500 g/mol. The first-order valence-corrected chi connectivity index (χ1v) is 12.1. The van der Waals surface area contributed by atoms with E-state index < -0.39 is 0 Å². The molecule has 7 nitrogen and oxygen atoms in total. The highest BCUT2D eigenvalue weighted by Crippen LogP contribution is 2.37. The average Bonchev–Trinajstić information content (AvgIpc) is 2.97. The van der Waals surface area contributed by atoms with E-state index in [0.717, 1.165) is 49.7 Å². The highest BCUT2D eigenvalue weighted by molar-refractivity contribution is 6.10. The minimum absolute atomic E-state index is 0.398. The van der Waals surface area contributed by atoms with Crippen LogP contribution in [0, 0.1) is 0 Å². The third kappa shape index (κ3) is 4.20. The lowest BCUT2D eigenvalue weighted by atomic mass is 10.0. The van der Waals surface area contributed by atoms with Gasteiger partial charge in [0, 0.05) is 46.0 Å². The number of pyridine rings is 3. The van der Waals surface area contributed by atoms with Gasteiger partial charge in [0.05, 0.1) is 37.3 Å². The van der Waals surface area contributed by atoms with Crippen molar-refractivity contribution in [3.63, 3.8) is 0 Å². The number of hydrogen-bond donors (Lipinski definition) is 2. The van der Waals surface area contributed by atoms with Crippen LogP contribution in [0.25, 0.3) is 44.1 Å². The van der Waals surface area contributed by atoms with Crippen LogP contribution in [0.1, 0.15) is 0 Å². The van der Waals surface area contributed by atoms with E-state index in [1.807, 2.05) is 54.6 Å². The second-order valence-electron chi connectivity index (χ2n) is 8.84. The lowest BCUT2D eigenvalue weighted by molar-refractivity contribution is 0.356. The van der Waals surface area contributed by atoms with E-state index in [1.54, 1.807) is 32.8 Å². The molecule has 0 aliphatic heterocycles. The summed E-state index contributed by atoms with van der Waals surface area (Å²) < 4.78 is 11.0. The second-order valence-corrected chi connectivity index (χ2v) is 8.84. The normalized spacial score (nSPS) is 11.0. The van der Waals surface area contributed by atoms with Crippen molar-refractivity contribution in [1.29, 1.82) is 0 Å². The van der Waals surface area contributed by atoms with Crippen molar-refractivity contribution in [2.75, 3.05) is 25.3 Å². The number of para-hydroxylation sites is 1. The molecule has 38 heavy (non-hydrogen) atoms. The zero-order chi connectivity index (χ0) is 26.1. The second kappa shape index (κ2) is 9.71. The van der Waals surface area contributed by atoms with Crippen LogP contribution in [0.15, 0.2) is 97.5 Å². The first kappa shape index (κ1) is 23.2. The van der Waals surface area contributed by atoms with Gasteiger partial charge in [0.25, 0.3) is 0 Å². The summed E-state index contributed by atoms with van der Waals surface area (Å²) in [6.07, 6.45) is 5.33. The molecule has 7 heteroatoms. The molecule has 0 bridgehead atoms. The van der Waals surface area contributed by atoms with Crippen molar-refractivity contribution in [2.24, 2.45) is 0 Å². The molecular weight excluding hydrogens is 474 g/mol. The number of benzene rings is 3. The highest BCUT2D eigenvalue weighted by atomic mass is 16.5. The Morgan fingerprint density at radius 1 is 0.711 bits per heavy atom. The first-order valence-electron chi connectivity index (χ1n) is 12.1. The first-order chi connectivity index (χ1) is 18.6. The molecule has 0 fully saturated rings. The maximum absolute atomic E-state index is 6.41. The van der Waals surface area contributed by atoms with Crippen LogP contribution in [0.2, 0.25) is 0 Å². The molecule has 3 aromatic heterocycles. The van der Waals surface area contributed by atoms with Gasteiger partial charge in [0.1, 0.15) is 5.82 Å². The Morgan fingerprint density at radius 2 is 1.47 bits per heavy atom. The summed E-state index contributed by atoms with van der Waals surface area (Å²) in [5.41, 5.74) is 12.8. The van der Waals surface area contributed by atoms with Crippen LogP contribution in [-0.2, 0) is 0 Å². The number of rotatable bonds is 6. The van der Waals surface area contributed by atoms with Gasteiger partial charge in [-0.15, -0.1) is 0 Å². The van der Waals surface area contributed by atoms with Crippen LogP contribution < -0.4 is 20.5 Å². The zero-order valence-corrected chi connectivity index (χ0v) is 21.0. The molecule has 0 radical (unpaired) electrons. The van der Waals surface area contributed by atoms with E-state index in [2.05, 4.69) is 44.5 Å². The van der Waals surface area contributed by atoms with E-state index in [1.165, 1.54) is 0 Å². The van der Waals surface area contributed by atoms with E-state index in [9.17, 15) is 0 Å². The van der Waals surface area contributed by atoms with E-state index in [4.69, 9.17) is 15.2 Å². The van der Waals surface area contributed by atoms with Crippen LogP contribution >= 0.6 is 0 Å². The Bertz CT molecular complexity index is 1790. The third-order valence-corrected chi connectivity index (χ3v) is 6.54. The van der Waals surface area contributed by atoms with Gasteiger partial charge in [-0.2, -0.15) is 0 Å². The van der Waals surface area contributed by atoms with Gasteiger partial charge in [0.15, 0.2) is 11.5 Å². The molecule has 6 rings (SSSR count). The van der Waals surface area contributed by atoms with Gasteiger partial charge in [0.2, 0.25) is 0 Å². The molecular formula is C31H25N5O2. The largest absolute Gasteiger partial charge is 0.493 e. The van der Waals surface area contributed by atoms with Crippen molar-refractivity contribution in [3.05, 3.63) is 97.5 Å². The predicted molar refractivity (Wildman–Crippen MR) is 153 cm³/mol. The molecule has 0 aliphatic rings. The molecule has 0 spiro atoms. The van der Waals surface area contributed by atoms with Gasteiger partial charge in [-0.05, 0) is 35.2 Å². The smallest absolute Gasteiger partial charge is 0.162 e. The molecule has 3 aromatic carbocycles. The van der Waals surface area contributed by atoms with Gasteiger partial charge in [-0.3, -0.25) is 9.97 Å². The van der Waals surface area contributed by atoms with Crippen LogP contribution in [-0.4, -0.2) is 29.2 Å². The number of fused-ring (bicyclic) bond motifs is 3. The number of aromatic nitrogens is 3. The minimum Gasteiger partial charge on any atom is -0.493 e. The Kier molecular flexibility index (Phi) is 5.94. The Balaban J connectivity index is 1.43. The summed E-state index contributed by atoms with van der Waals surface area (Å²) >= 11 is 0. The Labute approximate surface area is 219 Å². The monoisotopic (exact) mass is 499 g/mol. The molecule has 0 atom stereocenters. The number of nitrogens with one attached hydrogen (secondary N) is 1. The standard InChI is InChI=1S/C31H25N5O2/c1-37-29-14-24-23-13-27(36-31(32)25(23)18-34-28(24)15-30(29)38-2)20-12-21(17-33-16-20)35-26-11-7-6-10-22(26)19-8-4-3-5-9-19/h3-18,35H,1-2H3,(H2,32,36). The number of nitrogens with zero attached hydrogens (tertiary/aromatic N) is 3. The molecule has 0 saturated heterocycles. The third-order valence-electron chi connectivity index (χ3n) is 6.54. The van der Waals surface area contributed by atoms with Crippen LogP contribution in [0.3, 0.4) is 0 Å². The summed E-state index contributed by atoms with van der Waals surface area (Å²) in [6.45, 7) is 0. The predicted octanol–water partition coefficient (Wildman–Crippen LogP) is 6.86. The number of nitrogen functional groups attached to an aromatic ring is 1. The Morgan fingerprint density at radius 3 is 2.29 bits per heavy atom. The lowest BCUT2D eigenvalue weighted by Crippen LogP contribution is -1.98. The van der Waals surface area contributed by atoms with Crippen molar-refractivity contribution < 1.29 is 9.47 Å². The zero-order valence-electron chi connectivity index (χ0n) is 21.0. The number of methoxy groups -OCH3 is 2. The fourth-order valence-corrected chi connectivity index (χ4v) is 4.67. The number of hydrogen-bond acceptors (Lipinski definition) is 7. The van der Waals surface area contributed by atoms with Crippen LogP contribution in [0.4, 0.5) is 17.2 Å². The summed E-state index contributed by atoms with van der Waals surface area (Å²) in [4.78, 5) is 13.7. The molecule has 0 saturated carbocycles. The van der Waals surface area contributed by atoms with Gasteiger partial charge < -0.3 is 20.5 Å². The topological polar surface area (TPSA) is 95.2 Å².